The van der Waals surface area contributed by atoms with Crippen LogP contribution in [-0.4, -0.2) is 7.12 Å². The predicted octanol–water partition coefficient (Wildman–Crippen LogP) is 1.30. The molecule has 0 N–H and O–H groups in total. The summed E-state index contributed by atoms with van der Waals surface area (Å²) in [6.07, 6.45) is 0. The Labute approximate surface area is 77.7 Å². The summed E-state index contributed by atoms with van der Waals surface area (Å²) >= 11 is 0. The van der Waals surface area contributed by atoms with Crippen LogP contribution in [0, 0.1) is 6.92 Å². The van der Waals surface area contributed by atoms with Gasteiger partial charge in [-0.05, 0) is 31.3 Å². The molecule has 0 radical (unpaired) electrons. The summed E-state index contributed by atoms with van der Waals surface area (Å²) < 4.78 is 10.0. The van der Waals surface area contributed by atoms with Gasteiger partial charge in [0, 0.05) is 0 Å². The molecule has 5 heteroatoms. The Morgan fingerprint density at radius 2 is 1.92 bits per heavy atom. The van der Waals surface area contributed by atoms with Gasteiger partial charge in [0.2, 0.25) is 0 Å². The molecule has 0 saturated carbocycles. The lowest BCUT2D eigenvalue weighted by Gasteiger charge is -2.07. The van der Waals surface area contributed by atoms with Crippen LogP contribution in [0.2, 0.25) is 0 Å². The number of rotatable bonds is 3. The zero-order valence-corrected chi connectivity index (χ0v) is 9.17. The molecule has 1 rings (SSSR count). The second kappa shape index (κ2) is 4.94. The summed E-state index contributed by atoms with van der Waals surface area (Å²) in [4.78, 5) is 0. The van der Waals surface area contributed by atoms with Crippen LogP contribution >= 0.6 is 18.9 Å². The molecule has 2 atom stereocenters. The molecule has 0 aliphatic carbocycles. The standard InChI is InChI=1S/C7H11BO2P2/c1-6-3-2-4-7(5-6)8(9-11)10-12/h2-5H,11-12H2,1H3. The van der Waals surface area contributed by atoms with E-state index >= 15 is 0 Å². The third-order valence-corrected chi connectivity index (χ3v) is 2.06. The minimum Gasteiger partial charge on any atom is -0.389 e. The van der Waals surface area contributed by atoms with Crippen LogP contribution in [0.3, 0.4) is 0 Å². The van der Waals surface area contributed by atoms with Crippen LogP contribution in [-0.2, 0) is 8.88 Å². The van der Waals surface area contributed by atoms with Crippen molar-refractivity contribution < 1.29 is 8.88 Å². The first kappa shape index (κ1) is 10.1. The number of hydrogen-bond donors (Lipinski definition) is 0. The summed E-state index contributed by atoms with van der Waals surface area (Å²) in [5.41, 5.74) is 2.21. The minimum atomic E-state index is -0.320. The molecule has 0 aromatic heterocycles. The fraction of sp³-hybridized carbons (Fsp3) is 0.143. The first-order valence-electron chi connectivity index (χ1n) is 3.55. The van der Waals surface area contributed by atoms with Crippen molar-refractivity contribution >= 4 is 31.5 Å². The van der Waals surface area contributed by atoms with Crippen molar-refractivity contribution in [3.05, 3.63) is 29.8 Å². The molecular formula is C7H11BO2P2. The number of benzene rings is 1. The van der Waals surface area contributed by atoms with Crippen LogP contribution in [0.25, 0.3) is 0 Å². The summed E-state index contributed by atoms with van der Waals surface area (Å²) in [5.74, 6) is 0. The van der Waals surface area contributed by atoms with Gasteiger partial charge in [-0.3, -0.25) is 0 Å². The quantitative estimate of drug-likeness (QED) is 0.540. The van der Waals surface area contributed by atoms with Crippen LogP contribution in [0.5, 0.6) is 0 Å². The van der Waals surface area contributed by atoms with E-state index in [0.717, 1.165) is 5.46 Å². The fourth-order valence-corrected chi connectivity index (χ4v) is 1.58. The smallest absolute Gasteiger partial charge is 0.389 e. The second-order valence-corrected chi connectivity index (χ2v) is 3.06. The summed E-state index contributed by atoms with van der Waals surface area (Å²) in [6.45, 7) is 2.03. The molecule has 0 aliphatic heterocycles. The van der Waals surface area contributed by atoms with E-state index in [9.17, 15) is 0 Å². The Kier molecular flexibility index (Phi) is 4.18. The van der Waals surface area contributed by atoms with Gasteiger partial charge in [-0.15, -0.1) is 0 Å². The van der Waals surface area contributed by atoms with E-state index in [2.05, 4.69) is 18.9 Å². The zero-order valence-electron chi connectivity index (χ0n) is 6.86. The molecular weight excluding hydrogens is 189 g/mol. The van der Waals surface area contributed by atoms with Crippen LogP contribution in [0.4, 0.5) is 0 Å². The number of aryl methyl sites for hydroxylation is 1. The molecule has 0 saturated heterocycles. The molecule has 0 heterocycles. The molecule has 2 nitrogen and oxygen atoms in total. The largest absolute Gasteiger partial charge is 0.499 e. The SMILES string of the molecule is Cc1cccc(B(OP)OP)c1. The maximum absolute atomic E-state index is 5.01. The summed E-state index contributed by atoms with van der Waals surface area (Å²) in [5, 5.41) is 0. The molecule has 12 heavy (non-hydrogen) atoms. The monoisotopic (exact) mass is 200 g/mol. The van der Waals surface area contributed by atoms with E-state index in [1.165, 1.54) is 5.56 Å². The highest BCUT2D eigenvalue weighted by atomic mass is 31.0. The summed E-state index contributed by atoms with van der Waals surface area (Å²) in [7, 11) is 4.06. The first-order valence-corrected chi connectivity index (χ1v) is 4.50. The predicted molar refractivity (Wildman–Crippen MR) is 58.2 cm³/mol. The lowest BCUT2D eigenvalue weighted by atomic mass is 9.80. The van der Waals surface area contributed by atoms with Crippen molar-refractivity contribution in [3.8, 4) is 0 Å². The highest BCUT2D eigenvalue weighted by molar-refractivity contribution is 7.16. The Bertz CT molecular complexity index is 253. The third kappa shape index (κ3) is 2.53. The van der Waals surface area contributed by atoms with Gasteiger partial charge < -0.3 is 8.88 Å². The van der Waals surface area contributed by atoms with Crippen molar-refractivity contribution in [2.24, 2.45) is 0 Å². The summed E-state index contributed by atoms with van der Waals surface area (Å²) in [6, 6.07) is 8.00. The van der Waals surface area contributed by atoms with E-state index in [-0.39, 0.29) is 7.12 Å². The van der Waals surface area contributed by atoms with Crippen LogP contribution < -0.4 is 5.46 Å². The Hall–Kier alpha value is 0.0649. The number of hydrogen-bond acceptors (Lipinski definition) is 2. The molecule has 0 fully saturated rings. The molecule has 0 spiro atoms. The molecule has 0 amide bonds. The topological polar surface area (TPSA) is 18.5 Å². The van der Waals surface area contributed by atoms with E-state index in [4.69, 9.17) is 8.88 Å². The van der Waals surface area contributed by atoms with E-state index in [0.29, 0.717) is 0 Å². The molecule has 1 aromatic rings. The lowest BCUT2D eigenvalue weighted by molar-refractivity contribution is 0.521. The Morgan fingerprint density at radius 1 is 1.25 bits per heavy atom. The fourth-order valence-electron chi connectivity index (χ4n) is 1.01. The van der Waals surface area contributed by atoms with Crippen molar-refractivity contribution in [2.75, 3.05) is 0 Å². The van der Waals surface area contributed by atoms with E-state index in [1.54, 1.807) is 0 Å². The van der Waals surface area contributed by atoms with Gasteiger partial charge in [0.25, 0.3) is 0 Å². The van der Waals surface area contributed by atoms with Gasteiger partial charge in [0.05, 0.1) is 0 Å². The highest BCUT2D eigenvalue weighted by Gasteiger charge is 2.17. The van der Waals surface area contributed by atoms with Crippen molar-refractivity contribution in [1.82, 2.24) is 0 Å². The zero-order chi connectivity index (χ0) is 8.97. The van der Waals surface area contributed by atoms with E-state index in [1.807, 2.05) is 31.2 Å². The molecule has 0 aliphatic rings. The molecule has 64 valence electrons. The normalized spacial score (nSPS) is 9.92. The van der Waals surface area contributed by atoms with Crippen LogP contribution in [0.1, 0.15) is 5.56 Å². The van der Waals surface area contributed by atoms with Gasteiger partial charge in [0.1, 0.15) is 0 Å². The van der Waals surface area contributed by atoms with Crippen molar-refractivity contribution in [2.45, 2.75) is 6.92 Å². The maximum atomic E-state index is 5.01. The van der Waals surface area contributed by atoms with Gasteiger partial charge in [-0.25, -0.2) is 0 Å². The molecule has 1 aromatic carbocycles. The Morgan fingerprint density at radius 3 is 2.42 bits per heavy atom. The maximum Gasteiger partial charge on any atom is 0.499 e. The molecule has 2 unspecified atom stereocenters. The molecule has 0 bridgehead atoms. The average Bonchev–Trinajstić information content (AvgIpc) is 2.07. The van der Waals surface area contributed by atoms with Crippen molar-refractivity contribution in [1.29, 1.82) is 0 Å². The van der Waals surface area contributed by atoms with Crippen molar-refractivity contribution in [3.63, 3.8) is 0 Å². The van der Waals surface area contributed by atoms with E-state index < -0.39 is 0 Å². The van der Waals surface area contributed by atoms with Gasteiger partial charge in [-0.1, -0.05) is 29.8 Å². The van der Waals surface area contributed by atoms with Gasteiger partial charge in [-0.2, -0.15) is 0 Å². The third-order valence-electron chi connectivity index (χ3n) is 1.56. The Balaban J connectivity index is 2.85. The lowest BCUT2D eigenvalue weighted by Crippen LogP contribution is -2.31. The first-order chi connectivity index (χ1) is 5.77. The van der Waals surface area contributed by atoms with Gasteiger partial charge >= 0.3 is 7.12 Å². The van der Waals surface area contributed by atoms with Gasteiger partial charge in [0.15, 0.2) is 0 Å². The average molecular weight is 200 g/mol. The minimum absolute atomic E-state index is 0.320. The highest BCUT2D eigenvalue weighted by Crippen LogP contribution is 2.03. The second-order valence-electron chi connectivity index (χ2n) is 2.52. The van der Waals surface area contributed by atoms with Crippen LogP contribution in [0.15, 0.2) is 24.3 Å².